The van der Waals surface area contributed by atoms with Gasteiger partial charge in [0.25, 0.3) is 11.8 Å². The highest BCUT2D eigenvalue weighted by atomic mass is 16.2. The number of rotatable bonds is 4. The fourth-order valence-electron chi connectivity index (χ4n) is 4.03. The smallest absolute Gasteiger partial charge is 0.263 e. The first-order valence-corrected chi connectivity index (χ1v) is 9.53. The van der Waals surface area contributed by atoms with Crippen molar-refractivity contribution in [2.45, 2.75) is 51.6 Å². The number of hydrogen-bond acceptors (Lipinski definition) is 4. The molecule has 2 aliphatic heterocycles. The zero-order chi connectivity index (χ0) is 18.4. The molecule has 6 heteroatoms. The summed E-state index contributed by atoms with van der Waals surface area (Å²) in [6.07, 6.45) is 3.56. The van der Waals surface area contributed by atoms with E-state index in [1.807, 2.05) is 26.0 Å². The third kappa shape index (κ3) is 2.87. The topological polar surface area (TPSA) is 69.7 Å². The molecule has 1 aliphatic carbocycles. The van der Waals surface area contributed by atoms with Crippen LogP contribution in [-0.2, 0) is 4.79 Å². The largest absolute Gasteiger partial charge is 0.370 e. The highest BCUT2D eigenvalue weighted by Gasteiger charge is 2.46. The van der Waals surface area contributed by atoms with Crippen molar-refractivity contribution in [3.63, 3.8) is 0 Å². The minimum absolute atomic E-state index is 0.0688. The van der Waals surface area contributed by atoms with Crippen molar-refractivity contribution in [2.24, 2.45) is 5.92 Å². The van der Waals surface area contributed by atoms with Gasteiger partial charge in [-0.15, -0.1) is 0 Å². The maximum absolute atomic E-state index is 12.9. The van der Waals surface area contributed by atoms with Gasteiger partial charge < -0.3 is 10.2 Å². The Hall–Kier alpha value is -2.37. The molecule has 0 bridgehead atoms. The molecule has 26 heavy (non-hydrogen) atoms. The molecular weight excluding hydrogens is 330 g/mol. The van der Waals surface area contributed by atoms with Crippen molar-refractivity contribution >= 4 is 23.4 Å². The number of fused-ring (bicyclic) bond motifs is 1. The van der Waals surface area contributed by atoms with Gasteiger partial charge in [0.1, 0.15) is 0 Å². The first kappa shape index (κ1) is 17.1. The van der Waals surface area contributed by atoms with Gasteiger partial charge in [-0.25, -0.2) is 0 Å². The molecule has 1 aromatic carbocycles. The number of nitrogens with zero attached hydrogens (tertiary/aromatic N) is 2. The zero-order valence-electron chi connectivity index (χ0n) is 15.3. The Morgan fingerprint density at radius 3 is 2.62 bits per heavy atom. The van der Waals surface area contributed by atoms with E-state index in [-0.39, 0.29) is 35.7 Å². The van der Waals surface area contributed by atoms with Crippen LogP contribution in [0.3, 0.4) is 0 Å². The first-order chi connectivity index (χ1) is 12.5. The van der Waals surface area contributed by atoms with Gasteiger partial charge in [-0.3, -0.25) is 19.3 Å². The van der Waals surface area contributed by atoms with Gasteiger partial charge in [0, 0.05) is 25.2 Å². The van der Waals surface area contributed by atoms with Crippen molar-refractivity contribution in [1.29, 1.82) is 0 Å². The number of benzene rings is 1. The Balaban J connectivity index is 1.60. The summed E-state index contributed by atoms with van der Waals surface area (Å²) in [6, 6.07) is 5.68. The third-order valence-corrected chi connectivity index (χ3v) is 5.40. The molecule has 0 radical (unpaired) electrons. The Kier molecular flexibility index (Phi) is 4.21. The summed E-state index contributed by atoms with van der Waals surface area (Å²) in [4.78, 5) is 41.5. The minimum Gasteiger partial charge on any atom is -0.370 e. The number of amides is 3. The number of carbonyl (C=O) groups is 3. The second-order valence-electron chi connectivity index (χ2n) is 7.86. The van der Waals surface area contributed by atoms with E-state index in [2.05, 4.69) is 10.2 Å². The van der Waals surface area contributed by atoms with E-state index in [4.69, 9.17) is 0 Å². The predicted octanol–water partition coefficient (Wildman–Crippen LogP) is 2.19. The predicted molar refractivity (Wildman–Crippen MR) is 98.2 cm³/mol. The van der Waals surface area contributed by atoms with Crippen molar-refractivity contribution in [3.8, 4) is 0 Å². The molecule has 138 valence electrons. The van der Waals surface area contributed by atoms with Gasteiger partial charge in [0.15, 0.2) is 0 Å². The van der Waals surface area contributed by atoms with E-state index in [0.717, 1.165) is 37.9 Å². The van der Waals surface area contributed by atoms with E-state index in [9.17, 15) is 14.4 Å². The van der Waals surface area contributed by atoms with Crippen LogP contribution in [0.5, 0.6) is 0 Å². The Labute approximate surface area is 153 Å². The summed E-state index contributed by atoms with van der Waals surface area (Å²) in [6.45, 7) is 5.30. The van der Waals surface area contributed by atoms with Crippen LogP contribution in [0, 0.1) is 5.92 Å². The van der Waals surface area contributed by atoms with Crippen LogP contribution in [-0.4, -0.2) is 47.8 Å². The van der Waals surface area contributed by atoms with Crippen LogP contribution in [0.4, 0.5) is 5.69 Å². The van der Waals surface area contributed by atoms with E-state index in [0.29, 0.717) is 17.7 Å². The molecule has 2 heterocycles. The van der Waals surface area contributed by atoms with Crippen LogP contribution in [0.15, 0.2) is 18.2 Å². The number of hydrogen-bond donors (Lipinski definition) is 1. The van der Waals surface area contributed by atoms with Crippen molar-refractivity contribution in [2.75, 3.05) is 18.0 Å². The third-order valence-electron chi connectivity index (χ3n) is 5.40. The Morgan fingerprint density at radius 2 is 1.92 bits per heavy atom. The molecule has 3 aliphatic rings. The van der Waals surface area contributed by atoms with Crippen molar-refractivity contribution < 1.29 is 14.4 Å². The molecule has 0 aromatic heterocycles. The Bertz CT molecular complexity index is 770. The molecule has 0 spiro atoms. The van der Waals surface area contributed by atoms with Gasteiger partial charge in [-0.1, -0.05) is 6.07 Å². The number of imide groups is 1. The standard InChI is InChI=1S/C20H25N3O3/c1-12(2)21-18(24)13-5-4-10-22(11-13)16-7-3-6-15-17(16)20(26)23(19(15)25)14-8-9-14/h3,6-7,12-14H,4-5,8-11H2,1-2H3,(H,21,24)/t13-/m0/s1. The van der Waals surface area contributed by atoms with E-state index < -0.39 is 0 Å². The lowest BCUT2D eigenvalue weighted by atomic mass is 9.95. The highest BCUT2D eigenvalue weighted by Crippen LogP contribution is 2.39. The van der Waals surface area contributed by atoms with Crippen LogP contribution in [0.25, 0.3) is 0 Å². The van der Waals surface area contributed by atoms with Gasteiger partial charge in [0.05, 0.1) is 22.7 Å². The normalized spacial score (nSPS) is 22.8. The molecule has 4 rings (SSSR count). The molecule has 1 aromatic rings. The molecular formula is C20H25N3O3. The van der Waals surface area contributed by atoms with Gasteiger partial charge in [-0.2, -0.15) is 0 Å². The summed E-state index contributed by atoms with van der Waals surface area (Å²) < 4.78 is 0. The highest BCUT2D eigenvalue weighted by molar-refractivity contribution is 6.24. The molecule has 1 N–H and O–H groups in total. The monoisotopic (exact) mass is 355 g/mol. The van der Waals surface area contributed by atoms with Crippen LogP contribution >= 0.6 is 0 Å². The second-order valence-corrected chi connectivity index (χ2v) is 7.86. The summed E-state index contributed by atoms with van der Waals surface area (Å²) in [5.41, 5.74) is 1.83. The average Bonchev–Trinajstić information content (AvgIpc) is 3.41. The van der Waals surface area contributed by atoms with Gasteiger partial charge >= 0.3 is 0 Å². The van der Waals surface area contributed by atoms with Crippen molar-refractivity contribution in [3.05, 3.63) is 29.3 Å². The second kappa shape index (κ2) is 6.41. The van der Waals surface area contributed by atoms with Gasteiger partial charge in [0.2, 0.25) is 5.91 Å². The molecule has 2 fully saturated rings. The summed E-state index contributed by atoms with van der Waals surface area (Å²) >= 11 is 0. The number of carbonyl (C=O) groups excluding carboxylic acids is 3. The van der Waals surface area contributed by atoms with Crippen LogP contribution in [0.1, 0.15) is 60.2 Å². The molecule has 1 saturated heterocycles. The maximum Gasteiger partial charge on any atom is 0.263 e. The molecule has 1 atom stereocenters. The SMILES string of the molecule is CC(C)NC(=O)[C@H]1CCCN(c2cccc3c2C(=O)N(C2CC2)C3=O)C1. The van der Waals surface area contributed by atoms with E-state index in [1.165, 1.54) is 4.90 Å². The van der Waals surface area contributed by atoms with Gasteiger partial charge in [-0.05, 0) is 51.7 Å². The number of anilines is 1. The lowest BCUT2D eigenvalue weighted by Gasteiger charge is -2.34. The van der Waals surface area contributed by atoms with Crippen molar-refractivity contribution in [1.82, 2.24) is 10.2 Å². The number of piperidine rings is 1. The molecule has 1 saturated carbocycles. The summed E-state index contributed by atoms with van der Waals surface area (Å²) in [5, 5.41) is 2.99. The first-order valence-electron chi connectivity index (χ1n) is 9.53. The Morgan fingerprint density at radius 1 is 1.15 bits per heavy atom. The molecule has 3 amide bonds. The van der Waals surface area contributed by atoms with Crippen LogP contribution in [0.2, 0.25) is 0 Å². The minimum atomic E-state index is -0.170. The summed E-state index contributed by atoms with van der Waals surface area (Å²) in [5.74, 6) is -0.356. The average molecular weight is 355 g/mol. The zero-order valence-corrected chi connectivity index (χ0v) is 15.3. The van der Waals surface area contributed by atoms with E-state index in [1.54, 1.807) is 6.07 Å². The molecule has 0 unspecified atom stereocenters. The number of nitrogens with one attached hydrogen (secondary N) is 1. The fourth-order valence-corrected chi connectivity index (χ4v) is 4.03. The summed E-state index contributed by atoms with van der Waals surface area (Å²) in [7, 11) is 0. The fraction of sp³-hybridized carbons (Fsp3) is 0.550. The lowest BCUT2D eigenvalue weighted by Crippen LogP contribution is -2.45. The maximum atomic E-state index is 12.9. The van der Waals surface area contributed by atoms with E-state index >= 15 is 0 Å². The van der Waals surface area contributed by atoms with Crippen LogP contribution < -0.4 is 10.2 Å². The lowest BCUT2D eigenvalue weighted by molar-refractivity contribution is -0.125. The molecule has 6 nitrogen and oxygen atoms in total. The quantitative estimate of drug-likeness (QED) is 0.841.